The number of carbonyl (C=O) groups is 3. The Kier molecular flexibility index (Phi) is 7.47. The second-order valence-corrected chi connectivity index (χ2v) is 8.84. The van der Waals surface area contributed by atoms with Gasteiger partial charge in [-0.2, -0.15) is 0 Å². The normalized spacial score (nSPS) is 20.4. The average molecular weight is 478 g/mol. The van der Waals surface area contributed by atoms with E-state index in [2.05, 4.69) is 17.2 Å². The minimum atomic E-state index is -1.16. The van der Waals surface area contributed by atoms with Crippen molar-refractivity contribution in [1.82, 2.24) is 15.1 Å². The number of likely N-dealkylation sites (tertiary alicyclic amines) is 1. The van der Waals surface area contributed by atoms with Crippen LogP contribution in [0.1, 0.15) is 24.0 Å². The first kappa shape index (κ1) is 24.4. The first-order valence-corrected chi connectivity index (χ1v) is 11.7. The lowest BCUT2D eigenvalue weighted by Crippen LogP contribution is -2.58. The van der Waals surface area contributed by atoms with Crippen LogP contribution in [0.15, 0.2) is 54.6 Å². The number of methoxy groups -OCH3 is 1. The van der Waals surface area contributed by atoms with Crippen LogP contribution in [0, 0.1) is 23.6 Å². The summed E-state index contributed by atoms with van der Waals surface area (Å²) in [5.74, 6) is 4.46. The molecular weight excluding hydrogens is 449 g/mol. The predicted octanol–water partition coefficient (Wildman–Crippen LogP) is 2.60. The van der Waals surface area contributed by atoms with Crippen molar-refractivity contribution in [3.8, 4) is 11.8 Å². The van der Waals surface area contributed by atoms with E-state index in [1.54, 1.807) is 17.0 Å². The summed E-state index contributed by atoms with van der Waals surface area (Å²) in [7, 11) is 1.51. The Morgan fingerprint density at radius 2 is 1.80 bits per heavy atom. The van der Waals surface area contributed by atoms with Gasteiger partial charge < -0.3 is 15.0 Å². The van der Waals surface area contributed by atoms with Crippen molar-refractivity contribution in [3.63, 3.8) is 0 Å². The minimum Gasteiger partial charge on any atom is -0.383 e. The molecule has 4 amide bonds. The van der Waals surface area contributed by atoms with Gasteiger partial charge in [-0.05, 0) is 48.6 Å². The summed E-state index contributed by atoms with van der Waals surface area (Å²) in [6.07, 6.45) is 1.31. The monoisotopic (exact) mass is 477 g/mol. The highest BCUT2D eigenvalue weighted by Crippen LogP contribution is 2.36. The number of amides is 4. The molecule has 2 aliphatic rings. The van der Waals surface area contributed by atoms with Gasteiger partial charge in [-0.25, -0.2) is 9.18 Å². The molecular formula is C27H28FN3O4. The number of hydrogen-bond acceptors (Lipinski definition) is 4. The zero-order valence-electron chi connectivity index (χ0n) is 19.6. The highest BCUT2D eigenvalue weighted by Gasteiger charge is 2.55. The molecule has 0 unspecified atom stereocenters. The van der Waals surface area contributed by atoms with E-state index in [1.165, 1.54) is 24.1 Å². The van der Waals surface area contributed by atoms with Gasteiger partial charge in [-0.15, -0.1) is 0 Å². The maximum Gasteiger partial charge on any atom is 0.325 e. The quantitative estimate of drug-likeness (QED) is 0.513. The van der Waals surface area contributed by atoms with E-state index in [-0.39, 0.29) is 43.1 Å². The van der Waals surface area contributed by atoms with Gasteiger partial charge in [0.15, 0.2) is 0 Å². The molecule has 2 saturated heterocycles. The number of hydrogen-bond donors (Lipinski definition) is 1. The summed E-state index contributed by atoms with van der Waals surface area (Å²) >= 11 is 0. The van der Waals surface area contributed by atoms with Gasteiger partial charge >= 0.3 is 6.03 Å². The standard InChI is InChI=1S/C27H28FN3O4/c1-35-18-17-31-25(33)27(29-26(31)34,19-21-7-10-23(28)11-8-21)22-13-15-30(16-14-22)24(32)12-9-20-5-3-2-4-6-20/h2-8,10-11,22H,13-19H2,1H3,(H,29,34)/t27-/m1/s1. The summed E-state index contributed by atoms with van der Waals surface area (Å²) in [5, 5.41) is 2.96. The van der Waals surface area contributed by atoms with E-state index in [0.29, 0.717) is 25.9 Å². The summed E-state index contributed by atoms with van der Waals surface area (Å²) in [6.45, 7) is 1.25. The summed E-state index contributed by atoms with van der Waals surface area (Å²) in [5.41, 5.74) is 0.360. The van der Waals surface area contributed by atoms with E-state index in [9.17, 15) is 18.8 Å². The number of rotatable bonds is 6. The van der Waals surface area contributed by atoms with Crippen molar-refractivity contribution in [2.75, 3.05) is 33.4 Å². The van der Waals surface area contributed by atoms with Crippen LogP contribution in [0.25, 0.3) is 0 Å². The van der Waals surface area contributed by atoms with Crippen LogP contribution in [-0.2, 0) is 20.7 Å². The maximum absolute atomic E-state index is 13.6. The molecule has 0 aliphatic carbocycles. The van der Waals surface area contributed by atoms with Gasteiger partial charge in [0.25, 0.3) is 11.8 Å². The molecule has 1 N–H and O–H groups in total. The average Bonchev–Trinajstić information content (AvgIpc) is 3.12. The molecule has 2 aliphatic heterocycles. The molecule has 2 aromatic rings. The summed E-state index contributed by atoms with van der Waals surface area (Å²) in [6, 6.07) is 14.8. The lowest BCUT2D eigenvalue weighted by molar-refractivity contribution is -0.135. The van der Waals surface area contributed by atoms with Gasteiger partial charge in [0.05, 0.1) is 13.2 Å². The minimum absolute atomic E-state index is 0.152. The largest absolute Gasteiger partial charge is 0.383 e. The number of urea groups is 1. The fourth-order valence-electron chi connectivity index (χ4n) is 4.80. The number of carbonyl (C=O) groups excluding carboxylic acids is 3. The third-order valence-electron chi connectivity index (χ3n) is 6.68. The summed E-state index contributed by atoms with van der Waals surface area (Å²) in [4.78, 5) is 41.9. The Hall–Kier alpha value is -3.70. The van der Waals surface area contributed by atoms with Gasteiger partial charge in [0, 0.05) is 38.1 Å². The first-order chi connectivity index (χ1) is 16.9. The molecule has 0 aromatic heterocycles. The lowest BCUT2D eigenvalue weighted by atomic mass is 9.74. The second-order valence-electron chi connectivity index (χ2n) is 8.84. The third-order valence-corrected chi connectivity index (χ3v) is 6.68. The van der Waals surface area contributed by atoms with E-state index < -0.39 is 11.6 Å². The number of nitrogens with one attached hydrogen (secondary N) is 1. The molecule has 7 nitrogen and oxygen atoms in total. The number of halogens is 1. The van der Waals surface area contributed by atoms with Crippen molar-refractivity contribution < 1.29 is 23.5 Å². The smallest absolute Gasteiger partial charge is 0.325 e. The van der Waals surface area contributed by atoms with E-state index in [1.807, 2.05) is 30.3 Å². The Morgan fingerprint density at radius 1 is 1.11 bits per heavy atom. The van der Waals surface area contributed by atoms with E-state index in [4.69, 9.17) is 4.74 Å². The number of benzene rings is 2. The van der Waals surface area contributed by atoms with Gasteiger partial charge in [-0.3, -0.25) is 14.5 Å². The zero-order chi connectivity index (χ0) is 24.8. The number of piperidine rings is 1. The third kappa shape index (κ3) is 5.36. The molecule has 2 fully saturated rings. The van der Waals surface area contributed by atoms with Crippen LogP contribution in [0.4, 0.5) is 9.18 Å². The van der Waals surface area contributed by atoms with Crippen LogP contribution in [0.5, 0.6) is 0 Å². The number of imide groups is 1. The Bertz CT molecular complexity index is 1130. The van der Waals surface area contributed by atoms with Gasteiger partial charge in [0.1, 0.15) is 11.4 Å². The first-order valence-electron chi connectivity index (χ1n) is 11.7. The molecule has 2 heterocycles. The van der Waals surface area contributed by atoms with Crippen molar-refractivity contribution >= 4 is 17.8 Å². The SMILES string of the molecule is COCCN1C(=O)N[C@](Cc2ccc(F)cc2)(C2CCN(C(=O)C#Cc3ccccc3)CC2)C1=O. The van der Waals surface area contributed by atoms with Crippen molar-refractivity contribution in [1.29, 1.82) is 0 Å². The Labute approximate surface area is 204 Å². The van der Waals surface area contributed by atoms with Crippen molar-refractivity contribution in [2.24, 2.45) is 5.92 Å². The zero-order valence-corrected chi connectivity index (χ0v) is 19.6. The van der Waals surface area contributed by atoms with Crippen LogP contribution in [-0.4, -0.2) is 66.5 Å². The molecule has 8 heteroatoms. The Morgan fingerprint density at radius 3 is 2.46 bits per heavy atom. The molecule has 0 radical (unpaired) electrons. The van der Waals surface area contributed by atoms with Crippen LogP contribution < -0.4 is 5.32 Å². The molecule has 0 bridgehead atoms. The van der Waals surface area contributed by atoms with E-state index >= 15 is 0 Å². The van der Waals surface area contributed by atoms with Crippen molar-refractivity contribution in [3.05, 3.63) is 71.5 Å². The van der Waals surface area contributed by atoms with Crippen LogP contribution in [0.3, 0.4) is 0 Å². The highest BCUT2D eigenvalue weighted by atomic mass is 19.1. The second kappa shape index (κ2) is 10.7. The van der Waals surface area contributed by atoms with Gasteiger partial charge in [-0.1, -0.05) is 36.3 Å². The lowest BCUT2D eigenvalue weighted by Gasteiger charge is -2.40. The molecule has 182 valence electrons. The highest BCUT2D eigenvalue weighted by molar-refractivity contribution is 6.07. The van der Waals surface area contributed by atoms with Crippen LogP contribution in [0.2, 0.25) is 0 Å². The topological polar surface area (TPSA) is 79.0 Å². The molecule has 0 saturated carbocycles. The summed E-state index contributed by atoms with van der Waals surface area (Å²) < 4.78 is 18.5. The predicted molar refractivity (Wildman–Crippen MR) is 128 cm³/mol. The van der Waals surface area contributed by atoms with Crippen molar-refractivity contribution in [2.45, 2.75) is 24.8 Å². The number of nitrogens with zero attached hydrogens (tertiary/aromatic N) is 2. The molecule has 4 rings (SSSR count). The fraction of sp³-hybridized carbons (Fsp3) is 0.370. The maximum atomic E-state index is 13.6. The molecule has 0 spiro atoms. The van der Waals surface area contributed by atoms with Gasteiger partial charge in [0.2, 0.25) is 0 Å². The van der Waals surface area contributed by atoms with E-state index in [0.717, 1.165) is 11.1 Å². The fourth-order valence-corrected chi connectivity index (χ4v) is 4.80. The van der Waals surface area contributed by atoms with Crippen LogP contribution >= 0.6 is 0 Å². The molecule has 1 atom stereocenters. The molecule has 35 heavy (non-hydrogen) atoms. The molecule has 2 aromatic carbocycles. The number of ether oxygens (including phenoxy) is 1. The Balaban J connectivity index is 1.51.